The highest BCUT2D eigenvalue weighted by atomic mass is 35.5. The molecule has 1 aliphatic heterocycles. The van der Waals surface area contributed by atoms with Crippen molar-refractivity contribution in [3.05, 3.63) is 53.2 Å². The largest absolute Gasteiger partial charge is 0.373 e. The number of halogens is 1. The zero-order valence-electron chi connectivity index (χ0n) is 12.6. The van der Waals surface area contributed by atoms with Crippen LogP contribution in [0.5, 0.6) is 0 Å². The number of rotatable bonds is 5. The van der Waals surface area contributed by atoms with E-state index in [1.807, 2.05) is 41.3 Å². The van der Waals surface area contributed by atoms with E-state index in [1.165, 1.54) is 0 Å². The molecule has 2 N–H and O–H groups in total. The Morgan fingerprint density at radius 1 is 1.39 bits per heavy atom. The van der Waals surface area contributed by atoms with Gasteiger partial charge in [-0.2, -0.15) is 5.10 Å². The van der Waals surface area contributed by atoms with Crippen LogP contribution in [0.15, 0.2) is 36.9 Å². The fourth-order valence-electron chi connectivity index (χ4n) is 3.15. The average molecular weight is 332 g/mol. The van der Waals surface area contributed by atoms with Crippen LogP contribution in [-0.2, 0) is 11.3 Å². The van der Waals surface area contributed by atoms with Crippen molar-refractivity contribution in [2.75, 3.05) is 13.2 Å². The number of nitrogens with one attached hydrogen (secondary N) is 2. The van der Waals surface area contributed by atoms with E-state index in [9.17, 15) is 0 Å². The Bertz CT molecular complexity index is 785. The van der Waals surface area contributed by atoms with E-state index in [0.717, 1.165) is 43.0 Å². The minimum absolute atomic E-state index is 0.123. The van der Waals surface area contributed by atoms with Crippen molar-refractivity contribution in [2.24, 2.45) is 5.92 Å². The maximum Gasteiger partial charge on any atom is 0.137 e. The van der Waals surface area contributed by atoms with Gasteiger partial charge in [0.1, 0.15) is 5.65 Å². The monoisotopic (exact) mass is 331 g/mol. The average Bonchev–Trinajstić information content (AvgIpc) is 3.27. The van der Waals surface area contributed by atoms with E-state index in [2.05, 4.69) is 20.5 Å². The summed E-state index contributed by atoms with van der Waals surface area (Å²) in [6, 6.07) is 3.78. The van der Waals surface area contributed by atoms with Gasteiger partial charge >= 0.3 is 0 Å². The summed E-state index contributed by atoms with van der Waals surface area (Å²) in [7, 11) is 0. The topological polar surface area (TPSA) is 67.2 Å². The molecule has 23 heavy (non-hydrogen) atoms. The van der Waals surface area contributed by atoms with Crippen LogP contribution < -0.4 is 5.32 Å². The highest BCUT2D eigenvalue weighted by molar-refractivity contribution is 6.30. The lowest BCUT2D eigenvalue weighted by Crippen LogP contribution is -2.25. The van der Waals surface area contributed by atoms with Crippen LogP contribution in [0.3, 0.4) is 0 Å². The second-order valence-corrected chi connectivity index (χ2v) is 6.26. The van der Waals surface area contributed by atoms with E-state index in [4.69, 9.17) is 16.3 Å². The molecule has 120 valence electrons. The van der Waals surface area contributed by atoms with E-state index >= 15 is 0 Å². The normalized spacial score (nSPS) is 21.3. The second kappa shape index (κ2) is 6.31. The predicted octanol–water partition coefficient (Wildman–Crippen LogP) is 2.58. The smallest absolute Gasteiger partial charge is 0.137 e. The molecule has 2 atom stereocenters. The molecule has 0 aromatic carbocycles. The van der Waals surface area contributed by atoms with Gasteiger partial charge in [0, 0.05) is 43.6 Å². The number of fused-ring (bicyclic) bond motifs is 1. The number of pyridine rings is 1. The van der Waals surface area contributed by atoms with Gasteiger partial charge in [-0.3, -0.25) is 5.10 Å². The molecule has 0 spiro atoms. The molecule has 4 rings (SSSR count). The molecule has 1 fully saturated rings. The summed E-state index contributed by atoms with van der Waals surface area (Å²) >= 11 is 6.07. The lowest BCUT2D eigenvalue weighted by molar-refractivity contribution is 0.0904. The van der Waals surface area contributed by atoms with Gasteiger partial charge in [-0.05, 0) is 18.6 Å². The number of nitrogens with zero attached hydrogens (tertiary/aromatic N) is 3. The minimum Gasteiger partial charge on any atom is -0.373 e. The lowest BCUT2D eigenvalue weighted by Gasteiger charge is -2.17. The predicted molar refractivity (Wildman–Crippen MR) is 87.3 cm³/mol. The first kappa shape index (κ1) is 14.7. The Morgan fingerprint density at radius 2 is 2.35 bits per heavy atom. The quantitative estimate of drug-likeness (QED) is 0.754. The van der Waals surface area contributed by atoms with Crippen molar-refractivity contribution in [1.82, 2.24) is 24.9 Å². The van der Waals surface area contributed by atoms with Crippen LogP contribution in [0.1, 0.15) is 23.8 Å². The van der Waals surface area contributed by atoms with Gasteiger partial charge in [0.25, 0.3) is 0 Å². The Labute approximate surface area is 138 Å². The summed E-state index contributed by atoms with van der Waals surface area (Å²) in [5, 5.41) is 11.1. The van der Waals surface area contributed by atoms with Gasteiger partial charge in [0.15, 0.2) is 0 Å². The molecule has 0 radical (unpaired) electrons. The summed E-state index contributed by atoms with van der Waals surface area (Å²) in [4.78, 5) is 4.39. The molecule has 0 aliphatic carbocycles. The summed E-state index contributed by atoms with van der Waals surface area (Å²) in [6.45, 7) is 2.44. The van der Waals surface area contributed by atoms with Gasteiger partial charge < -0.3 is 14.5 Å². The molecule has 3 aromatic heterocycles. The summed E-state index contributed by atoms with van der Waals surface area (Å²) in [6.07, 6.45) is 8.72. The third-order valence-corrected chi connectivity index (χ3v) is 4.54. The third kappa shape index (κ3) is 2.97. The molecule has 0 saturated carbocycles. The van der Waals surface area contributed by atoms with Gasteiger partial charge in [0.05, 0.1) is 29.2 Å². The Morgan fingerprint density at radius 3 is 3.22 bits per heavy atom. The summed E-state index contributed by atoms with van der Waals surface area (Å²) in [5.74, 6) is 0.454. The maximum absolute atomic E-state index is 6.07. The van der Waals surface area contributed by atoms with Crippen molar-refractivity contribution in [3.8, 4) is 0 Å². The number of hydrogen-bond acceptors (Lipinski definition) is 4. The number of aromatic nitrogens is 4. The Hall–Kier alpha value is -1.89. The molecule has 0 bridgehead atoms. The number of ether oxygens (including phenoxy) is 1. The minimum atomic E-state index is 0.123. The number of imidazole rings is 1. The first-order valence-corrected chi connectivity index (χ1v) is 8.11. The van der Waals surface area contributed by atoms with Crippen LogP contribution >= 0.6 is 11.6 Å². The van der Waals surface area contributed by atoms with E-state index < -0.39 is 0 Å². The fourth-order valence-corrected chi connectivity index (χ4v) is 3.31. The first-order valence-electron chi connectivity index (χ1n) is 7.74. The highest BCUT2D eigenvalue weighted by Crippen LogP contribution is 2.33. The summed E-state index contributed by atoms with van der Waals surface area (Å²) < 4.78 is 7.87. The fraction of sp³-hybridized carbons (Fsp3) is 0.375. The van der Waals surface area contributed by atoms with Crippen LogP contribution in [0.2, 0.25) is 5.02 Å². The van der Waals surface area contributed by atoms with E-state index in [1.54, 1.807) is 0 Å². The zero-order chi connectivity index (χ0) is 15.6. The SMILES string of the molecule is Clc1ccc2ncc(CNC[C@H]3CCO[C@@H]3c3cn[nH]c3)n2c1. The standard InChI is InChI=1S/C16H18ClN5O/c17-13-1-2-15-19-9-14(22(15)10-13)8-18-5-11-3-4-23-16(11)12-6-20-21-7-12/h1-2,6-7,9-11,16,18H,3-5,8H2,(H,20,21)/t11-,16+/m1/s1. The number of aromatic amines is 1. The van der Waals surface area contributed by atoms with Crippen molar-refractivity contribution >= 4 is 17.2 Å². The maximum atomic E-state index is 6.07. The molecular formula is C16H18ClN5O. The van der Waals surface area contributed by atoms with Gasteiger partial charge in [0.2, 0.25) is 0 Å². The lowest BCUT2D eigenvalue weighted by atomic mass is 9.97. The molecule has 0 unspecified atom stereocenters. The molecule has 4 heterocycles. The first-order chi connectivity index (χ1) is 11.3. The van der Waals surface area contributed by atoms with Crippen molar-refractivity contribution in [2.45, 2.75) is 19.1 Å². The molecular weight excluding hydrogens is 314 g/mol. The second-order valence-electron chi connectivity index (χ2n) is 5.83. The van der Waals surface area contributed by atoms with Crippen molar-refractivity contribution in [1.29, 1.82) is 0 Å². The highest BCUT2D eigenvalue weighted by Gasteiger charge is 2.29. The van der Waals surface area contributed by atoms with E-state index in [-0.39, 0.29) is 6.10 Å². The van der Waals surface area contributed by atoms with Gasteiger partial charge in [-0.15, -0.1) is 0 Å². The van der Waals surface area contributed by atoms with Crippen molar-refractivity contribution < 1.29 is 4.74 Å². The molecule has 7 heteroatoms. The molecule has 6 nitrogen and oxygen atoms in total. The number of H-pyrrole nitrogens is 1. The molecule has 1 saturated heterocycles. The summed E-state index contributed by atoms with van der Waals surface area (Å²) in [5.41, 5.74) is 3.13. The third-order valence-electron chi connectivity index (χ3n) is 4.32. The number of hydrogen-bond donors (Lipinski definition) is 2. The molecule has 0 amide bonds. The van der Waals surface area contributed by atoms with Crippen molar-refractivity contribution in [3.63, 3.8) is 0 Å². The zero-order valence-corrected chi connectivity index (χ0v) is 13.3. The van der Waals surface area contributed by atoms with Gasteiger partial charge in [-0.25, -0.2) is 4.98 Å². The van der Waals surface area contributed by atoms with Crippen LogP contribution in [-0.4, -0.2) is 32.7 Å². The Kier molecular flexibility index (Phi) is 4.03. The van der Waals surface area contributed by atoms with E-state index in [0.29, 0.717) is 10.9 Å². The van der Waals surface area contributed by atoms with Crippen LogP contribution in [0.25, 0.3) is 5.65 Å². The molecule has 1 aliphatic rings. The van der Waals surface area contributed by atoms with Gasteiger partial charge in [-0.1, -0.05) is 11.6 Å². The van der Waals surface area contributed by atoms with Crippen LogP contribution in [0.4, 0.5) is 0 Å². The molecule has 3 aromatic rings. The Balaban J connectivity index is 1.40. The van der Waals surface area contributed by atoms with Crippen LogP contribution in [0, 0.1) is 5.92 Å².